The third kappa shape index (κ3) is 2.84. The molecular formula is C16H21N3O. The molecule has 1 aliphatic rings. The molecule has 1 fully saturated rings. The summed E-state index contributed by atoms with van der Waals surface area (Å²) in [6.07, 6.45) is 10.7. The maximum atomic E-state index is 5.94. The maximum absolute atomic E-state index is 5.94. The molecule has 0 spiro atoms. The highest BCUT2D eigenvalue weighted by molar-refractivity contribution is 5.71. The third-order valence-corrected chi connectivity index (χ3v) is 4.17. The van der Waals surface area contributed by atoms with Gasteiger partial charge in [0.15, 0.2) is 0 Å². The highest BCUT2D eigenvalue weighted by atomic mass is 16.5. The summed E-state index contributed by atoms with van der Waals surface area (Å²) in [5.74, 6) is 1.08. The molecule has 1 saturated carbocycles. The Morgan fingerprint density at radius 1 is 1.15 bits per heavy atom. The van der Waals surface area contributed by atoms with Crippen molar-refractivity contribution < 1.29 is 4.52 Å². The largest absolute Gasteiger partial charge is 0.367 e. The molecule has 2 aromatic rings. The van der Waals surface area contributed by atoms with E-state index in [1.165, 1.54) is 38.5 Å². The van der Waals surface area contributed by atoms with Crippen molar-refractivity contribution in [2.75, 3.05) is 5.73 Å². The van der Waals surface area contributed by atoms with E-state index >= 15 is 0 Å². The number of anilines is 1. The van der Waals surface area contributed by atoms with Crippen molar-refractivity contribution in [3.8, 4) is 11.3 Å². The first-order valence-electron chi connectivity index (χ1n) is 7.50. The lowest BCUT2D eigenvalue weighted by molar-refractivity contribution is 0.403. The number of hydrogen-bond acceptors (Lipinski definition) is 4. The fraction of sp³-hybridized carbons (Fsp3) is 0.500. The number of nitrogen functional groups attached to an aromatic ring is 1. The molecule has 0 amide bonds. The molecular weight excluding hydrogens is 250 g/mol. The lowest BCUT2D eigenvalue weighted by Crippen LogP contribution is -2.05. The van der Waals surface area contributed by atoms with Gasteiger partial charge in [0, 0.05) is 6.20 Å². The average Bonchev–Trinajstić information content (AvgIpc) is 2.67. The van der Waals surface area contributed by atoms with Crippen LogP contribution < -0.4 is 5.73 Å². The third-order valence-electron chi connectivity index (χ3n) is 4.17. The van der Waals surface area contributed by atoms with Crippen LogP contribution in [-0.4, -0.2) is 10.1 Å². The molecule has 0 saturated heterocycles. The van der Waals surface area contributed by atoms with Crippen LogP contribution in [0.5, 0.6) is 0 Å². The zero-order valence-electron chi connectivity index (χ0n) is 11.7. The van der Waals surface area contributed by atoms with Gasteiger partial charge in [-0.25, -0.2) is 0 Å². The molecule has 0 unspecified atom stereocenters. The standard InChI is InChI=1S/C16H21N3O/c17-16-15(13-9-5-6-10-18-13)14(19-20-16)11-12-7-3-1-2-4-8-12/h5-6,9-10,12H,1-4,7-8,11,17H2. The quantitative estimate of drug-likeness (QED) is 0.861. The second-order valence-corrected chi connectivity index (χ2v) is 5.65. The van der Waals surface area contributed by atoms with Gasteiger partial charge in [0.25, 0.3) is 0 Å². The van der Waals surface area contributed by atoms with Crippen molar-refractivity contribution in [3.05, 3.63) is 30.1 Å². The van der Waals surface area contributed by atoms with Gasteiger partial charge in [-0.3, -0.25) is 4.98 Å². The summed E-state index contributed by atoms with van der Waals surface area (Å²) in [5, 5.41) is 4.18. The molecule has 4 nitrogen and oxygen atoms in total. The van der Waals surface area contributed by atoms with Gasteiger partial charge in [-0.15, -0.1) is 0 Å². The lowest BCUT2D eigenvalue weighted by atomic mass is 9.93. The lowest BCUT2D eigenvalue weighted by Gasteiger charge is -2.12. The Kier molecular flexibility index (Phi) is 4.00. The molecule has 106 valence electrons. The van der Waals surface area contributed by atoms with Gasteiger partial charge in [0.2, 0.25) is 5.88 Å². The van der Waals surface area contributed by atoms with Crippen molar-refractivity contribution in [2.24, 2.45) is 5.92 Å². The average molecular weight is 271 g/mol. The minimum absolute atomic E-state index is 0.382. The summed E-state index contributed by atoms with van der Waals surface area (Å²) in [7, 11) is 0. The highest BCUT2D eigenvalue weighted by Gasteiger charge is 2.21. The van der Waals surface area contributed by atoms with Crippen LogP contribution >= 0.6 is 0 Å². The molecule has 1 aliphatic carbocycles. The van der Waals surface area contributed by atoms with Crippen LogP contribution in [-0.2, 0) is 6.42 Å². The molecule has 3 rings (SSSR count). The Balaban J connectivity index is 1.83. The molecule has 4 heteroatoms. The maximum Gasteiger partial charge on any atom is 0.231 e. The molecule has 0 radical (unpaired) electrons. The van der Waals surface area contributed by atoms with Gasteiger partial charge in [0.05, 0.1) is 17.0 Å². The summed E-state index contributed by atoms with van der Waals surface area (Å²) in [5.41, 5.74) is 8.65. The van der Waals surface area contributed by atoms with Crippen LogP contribution in [0.15, 0.2) is 28.9 Å². The number of aromatic nitrogens is 2. The van der Waals surface area contributed by atoms with Crippen LogP contribution in [0.1, 0.15) is 44.2 Å². The molecule has 2 N–H and O–H groups in total. The topological polar surface area (TPSA) is 64.9 Å². The Morgan fingerprint density at radius 3 is 2.65 bits per heavy atom. The second kappa shape index (κ2) is 6.07. The molecule has 2 heterocycles. The van der Waals surface area contributed by atoms with E-state index in [2.05, 4.69) is 10.1 Å². The van der Waals surface area contributed by atoms with Crippen molar-refractivity contribution in [1.29, 1.82) is 0 Å². The predicted molar refractivity (Wildman–Crippen MR) is 79.0 cm³/mol. The smallest absolute Gasteiger partial charge is 0.231 e. The molecule has 2 aromatic heterocycles. The molecule has 20 heavy (non-hydrogen) atoms. The van der Waals surface area contributed by atoms with Crippen molar-refractivity contribution in [2.45, 2.75) is 44.9 Å². The fourth-order valence-electron chi connectivity index (χ4n) is 3.10. The van der Waals surface area contributed by atoms with Crippen molar-refractivity contribution in [3.63, 3.8) is 0 Å². The highest BCUT2D eigenvalue weighted by Crippen LogP contribution is 2.32. The van der Waals surface area contributed by atoms with Gasteiger partial charge >= 0.3 is 0 Å². The summed E-state index contributed by atoms with van der Waals surface area (Å²) in [4.78, 5) is 4.37. The van der Waals surface area contributed by atoms with Gasteiger partial charge in [-0.05, 0) is 24.5 Å². The van der Waals surface area contributed by atoms with Gasteiger partial charge in [0.1, 0.15) is 0 Å². The van der Waals surface area contributed by atoms with Crippen LogP contribution in [0.4, 0.5) is 5.88 Å². The zero-order chi connectivity index (χ0) is 13.8. The van der Waals surface area contributed by atoms with Crippen LogP contribution in [0.3, 0.4) is 0 Å². The first-order valence-corrected chi connectivity index (χ1v) is 7.50. The van der Waals surface area contributed by atoms with E-state index in [0.29, 0.717) is 11.8 Å². The van der Waals surface area contributed by atoms with Gasteiger partial charge < -0.3 is 10.3 Å². The van der Waals surface area contributed by atoms with Crippen LogP contribution in [0.25, 0.3) is 11.3 Å². The van der Waals surface area contributed by atoms with E-state index in [1.807, 2.05) is 18.2 Å². The predicted octanol–water partition coefficient (Wildman–Crippen LogP) is 3.83. The van der Waals surface area contributed by atoms with Crippen LogP contribution in [0, 0.1) is 5.92 Å². The summed E-state index contributed by atoms with van der Waals surface area (Å²) < 4.78 is 5.21. The number of pyridine rings is 1. The van der Waals surface area contributed by atoms with E-state index in [4.69, 9.17) is 10.3 Å². The Labute approximate surface area is 119 Å². The first kappa shape index (κ1) is 13.2. The summed E-state index contributed by atoms with van der Waals surface area (Å²) in [6, 6.07) is 5.82. The minimum Gasteiger partial charge on any atom is -0.367 e. The molecule has 0 atom stereocenters. The van der Waals surface area contributed by atoms with Crippen LogP contribution in [0.2, 0.25) is 0 Å². The van der Waals surface area contributed by atoms with E-state index < -0.39 is 0 Å². The second-order valence-electron chi connectivity index (χ2n) is 5.65. The Morgan fingerprint density at radius 2 is 1.95 bits per heavy atom. The van der Waals surface area contributed by atoms with E-state index in [0.717, 1.165) is 23.4 Å². The number of nitrogens with zero attached hydrogens (tertiary/aromatic N) is 2. The zero-order valence-corrected chi connectivity index (χ0v) is 11.7. The van der Waals surface area contributed by atoms with Gasteiger partial charge in [-0.2, -0.15) is 0 Å². The normalized spacial score (nSPS) is 17.0. The van der Waals surface area contributed by atoms with Crippen molar-refractivity contribution >= 4 is 5.88 Å². The first-order chi connectivity index (χ1) is 9.84. The SMILES string of the molecule is Nc1onc(CC2CCCCCC2)c1-c1ccccn1. The number of hydrogen-bond donors (Lipinski definition) is 1. The Hall–Kier alpha value is -1.84. The van der Waals surface area contributed by atoms with E-state index in [1.54, 1.807) is 6.20 Å². The van der Waals surface area contributed by atoms with E-state index in [-0.39, 0.29) is 0 Å². The van der Waals surface area contributed by atoms with E-state index in [9.17, 15) is 0 Å². The monoisotopic (exact) mass is 271 g/mol. The molecule has 0 aromatic carbocycles. The minimum atomic E-state index is 0.382. The fourth-order valence-corrected chi connectivity index (χ4v) is 3.10. The molecule has 0 bridgehead atoms. The summed E-state index contributed by atoms with van der Waals surface area (Å²) in [6.45, 7) is 0. The number of nitrogens with two attached hydrogens (primary N) is 1. The van der Waals surface area contributed by atoms with Crippen molar-refractivity contribution in [1.82, 2.24) is 10.1 Å². The van der Waals surface area contributed by atoms with Gasteiger partial charge in [-0.1, -0.05) is 49.7 Å². The molecule has 0 aliphatic heterocycles. The Bertz CT molecular complexity index is 542. The number of rotatable bonds is 3. The summed E-state index contributed by atoms with van der Waals surface area (Å²) >= 11 is 0.